The number of aromatic nitrogens is 2. The maximum absolute atomic E-state index is 11.1. The van der Waals surface area contributed by atoms with Crippen LogP contribution in [0.3, 0.4) is 0 Å². The number of aldehydes is 1. The number of nitrogens with zero attached hydrogens (tertiary/aromatic N) is 2. The molecule has 0 atom stereocenters. The van der Waals surface area contributed by atoms with Crippen molar-refractivity contribution in [3.05, 3.63) is 63.8 Å². The second kappa shape index (κ2) is 12.3. The van der Waals surface area contributed by atoms with Crippen LogP contribution in [0.2, 0.25) is 10.0 Å². The molecule has 0 N–H and O–H groups in total. The molecule has 0 amide bonds. The normalized spacial score (nSPS) is 10.6. The second-order valence-corrected chi connectivity index (χ2v) is 9.56. The quantitative estimate of drug-likeness (QED) is 0.278. The van der Waals surface area contributed by atoms with E-state index < -0.39 is 0 Å². The lowest BCUT2D eigenvalue weighted by atomic mass is 10.2. The lowest BCUT2D eigenvalue weighted by Gasteiger charge is -2.12. The molecule has 0 bridgehead atoms. The zero-order chi connectivity index (χ0) is 22.0. The van der Waals surface area contributed by atoms with Crippen LogP contribution in [0.15, 0.2) is 42.5 Å². The number of methoxy groups -OCH3 is 1. The Hall–Kier alpha value is -1.40. The Balaban J connectivity index is 0.000000399. The van der Waals surface area contributed by atoms with E-state index in [0.29, 0.717) is 22.3 Å². The fourth-order valence-corrected chi connectivity index (χ4v) is 3.21. The highest BCUT2D eigenvalue weighted by molar-refractivity contribution is 9.10. The van der Waals surface area contributed by atoms with E-state index >= 15 is 0 Å². The molecular weight excluding hydrogens is 475 g/mol. The van der Waals surface area contributed by atoms with Crippen LogP contribution < -0.4 is 0 Å². The number of para-hydroxylation sites is 1. The van der Waals surface area contributed by atoms with Crippen LogP contribution in [-0.2, 0) is 11.3 Å². The third-order valence-corrected chi connectivity index (χ3v) is 4.44. The second-order valence-electron chi connectivity index (χ2n) is 6.57. The molecule has 0 radical (unpaired) electrons. The van der Waals surface area contributed by atoms with E-state index in [0.717, 1.165) is 29.4 Å². The van der Waals surface area contributed by atoms with E-state index in [1.807, 2.05) is 44.2 Å². The molecule has 7 heteroatoms. The van der Waals surface area contributed by atoms with Crippen LogP contribution in [0.5, 0.6) is 0 Å². The highest BCUT2D eigenvalue weighted by atomic mass is 79.9. The summed E-state index contributed by atoms with van der Waals surface area (Å²) in [5, 5.41) is 6.35. The van der Waals surface area contributed by atoms with Crippen molar-refractivity contribution in [2.75, 3.05) is 13.7 Å². The van der Waals surface area contributed by atoms with Crippen LogP contribution in [0.25, 0.3) is 10.9 Å². The molecule has 2 aromatic carbocycles. The monoisotopic (exact) mass is 500 g/mol. The zero-order valence-electron chi connectivity index (χ0n) is 17.4. The fraction of sp³-hybridized carbons (Fsp3) is 0.364. The van der Waals surface area contributed by atoms with E-state index in [2.05, 4.69) is 34.9 Å². The van der Waals surface area contributed by atoms with Crippen LogP contribution in [0.4, 0.5) is 0 Å². The number of hydrogen-bond acceptors (Lipinski definition) is 3. The van der Waals surface area contributed by atoms with Crippen molar-refractivity contribution >= 4 is 56.3 Å². The van der Waals surface area contributed by atoms with Crippen molar-refractivity contribution in [2.24, 2.45) is 0 Å². The van der Waals surface area contributed by atoms with Gasteiger partial charge in [0.1, 0.15) is 5.69 Å². The molecule has 0 saturated carbocycles. The molecule has 1 aromatic heterocycles. The van der Waals surface area contributed by atoms with Crippen molar-refractivity contribution < 1.29 is 9.53 Å². The van der Waals surface area contributed by atoms with E-state index in [9.17, 15) is 4.79 Å². The fourth-order valence-electron chi connectivity index (χ4n) is 2.52. The summed E-state index contributed by atoms with van der Waals surface area (Å²) >= 11 is 15.5. The number of ether oxygens (including phenoxy) is 1. The van der Waals surface area contributed by atoms with Gasteiger partial charge in [0.15, 0.2) is 6.29 Å². The molecule has 0 saturated heterocycles. The summed E-state index contributed by atoms with van der Waals surface area (Å²) in [7, 11) is 1.70. The zero-order valence-corrected chi connectivity index (χ0v) is 20.5. The largest absolute Gasteiger partial charge is 0.383 e. The Labute approximate surface area is 191 Å². The first-order valence-electron chi connectivity index (χ1n) is 9.27. The van der Waals surface area contributed by atoms with Gasteiger partial charge in [-0.25, -0.2) is 0 Å². The predicted octanol–water partition coefficient (Wildman–Crippen LogP) is 7.04. The van der Waals surface area contributed by atoms with Crippen LogP contribution in [-0.4, -0.2) is 34.1 Å². The number of halogens is 3. The van der Waals surface area contributed by atoms with Crippen molar-refractivity contribution in [1.82, 2.24) is 9.78 Å². The first-order chi connectivity index (χ1) is 13.7. The van der Waals surface area contributed by atoms with Crippen molar-refractivity contribution in [1.29, 1.82) is 0 Å². The minimum atomic E-state index is 0.141. The number of benzene rings is 2. The lowest BCUT2D eigenvalue weighted by Crippen LogP contribution is -2.16. The Morgan fingerprint density at radius 1 is 1.17 bits per heavy atom. The number of rotatable bonds is 5. The molecular formula is C22H27BrCl2N2O2. The molecule has 158 valence electrons. The third kappa shape index (κ3) is 8.09. The van der Waals surface area contributed by atoms with Gasteiger partial charge in [-0.05, 0) is 37.6 Å². The molecule has 0 aliphatic rings. The average Bonchev–Trinajstić information content (AvgIpc) is 3.03. The van der Waals surface area contributed by atoms with Gasteiger partial charge < -0.3 is 4.74 Å². The van der Waals surface area contributed by atoms with E-state index in [1.54, 1.807) is 23.9 Å². The van der Waals surface area contributed by atoms with Gasteiger partial charge in [-0.2, -0.15) is 5.10 Å². The van der Waals surface area contributed by atoms with Crippen molar-refractivity contribution in [3.8, 4) is 0 Å². The Kier molecular flexibility index (Phi) is 10.9. The summed E-state index contributed by atoms with van der Waals surface area (Å²) in [4.78, 5) is 11.1. The number of hydrogen-bond donors (Lipinski definition) is 0. The first kappa shape index (κ1) is 25.6. The van der Waals surface area contributed by atoms with E-state index in [4.69, 9.17) is 27.9 Å². The van der Waals surface area contributed by atoms with Gasteiger partial charge in [0, 0.05) is 26.9 Å². The van der Waals surface area contributed by atoms with Gasteiger partial charge in [0.2, 0.25) is 0 Å². The van der Waals surface area contributed by atoms with Gasteiger partial charge in [0.25, 0.3) is 0 Å². The maximum atomic E-state index is 11.1. The molecule has 0 unspecified atom stereocenters. The molecule has 0 aliphatic carbocycles. The van der Waals surface area contributed by atoms with Crippen LogP contribution >= 0.6 is 39.1 Å². The minimum absolute atomic E-state index is 0.141. The first-order valence-corrected chi connectivity index (χ1v) is 10.8. The number of carbonyl (C=O) groups excluding carboxylic acids is 1. The topological polar surface area (TPSA) is 44.1 Å². The molecule has 29 heavy (non-hydrogen) atoms. The van der Waals surface area contributed by atoms with E-state index in [-0.39, 0.29) is 4.32 Å². The van der Waals surface area contributed by atoms with Crippen molar-refractivity contribution in [2.45, 2.75) is 38.6 Å². The maximum Gasteiger partial charge on any atom is 0.170 e. The number of fused-ring (bicyclic) bond motifs is 1. The predicted molar refractivity (Wildman–Crippen MR) is 127 cm³/mol. The van der Waals surface area contributed by atoms with Crippen LogP contribution in [0, 0.1) is 0 Å². The SMILES string of the molecule is CC.COCC(C)(C)Br.O=Cc1nn(Cc2ccc(Cl)cc2Cl)c2ccccc12. The Morgan fingerprint density at radius 3 is 2.34 bits per heavy atom. The van der Waals surface area contributed by atoms with Crippen LogP contribution in [0.1, 0.15) is 43.7 Å². The molecule has 1 heterocycles. The summed E-state index contributed by atoms with van der Waals surface area (Å²) in [6, 6.07) is 13.0. The molecule has 3 rings (SSSR count). The van der Waals surface area contributed by atoms with Gasteiger partial charge >= 0.3 is 0 Å². The smallest absolute Gasteiger partial charge is 0.170 e. The van der Waals surface area contributed by atoms with Crippen molar-refractivity contribution in [3.63, 3.8) is 0 Å². The van der Waals surface area contributed by atoms with Gasteiger partial charge in [-0.3, -0.25) is 9.48 Å². The summed E-state index contributed by atoms with van der Waals surface area (Å²) in [6.07, 6.45) is 0.766. The van der Waals surface area contributed by atoms with Gasteiger partial charge in [-0.15, -0.1) is 0 Å². The summed E-state index contributed by atoms with van der Waals surface area (Å²) in [6.45, 7) is 9.38. The lowest BCUT2D eigenvalue weighted by molar-refractivity contribution is 0.111. The Morgan fingerprint density at radius 2 is 1.83 bits per heavy atom. The molecule has 0 spiro atoms. The summed E-state index contributed by atoms with van der Waals surface area (Å²) < 4.78 is 6.77. The number of alkyl halides is 1. The highest BCUT2D eigenvalue weighted by Gasteiger charge is 2.11. The summed E-state index contributed by atoms with van der Waals surface area (Å²) in [5.41, 5.74) is 2.24. The average molecular weight is 502 g/mol. The summed E-state index contributed by atoms with van der Waals surface area (Å²) in [5.74, 6) is 0. The standard InChI is InChI=1S/C15H10Cl2N2O.C5H11BrO.C2H6/c16-11-6-5-10(13(17)7-11)8-19-15-4-2-1-3-12(15)14(9-20)18-19;1-5(2,6)4-7-3;1-2/h1-7,9H,8H2;4H2,1-3H3;1-2H3. The molecule has 0 aliphatic heterocycles. The third-order valence-electron chi connectivity index (χ3n) is 3.62. The molecule has 3 aromatic rings. The van der Waals surface area contributed by atoms with Gasteiger partial charge in [-0.1, -0.05) is 77.2 Å². The molecule has 0 fully saturated rings. The minimum Gasteiger partial charge on any atom is -0.383 e. The van der Waals surface area contributed by atoms with E-state index in [1.165, 1.54) is 0 Å². The molecule has 4 nitrogen and oxygen atoms in total. The Bertz CT molecular complexity index is 921. The van der Waals surface area contributed by atoms with Gasteiger partial charge in [0.05, 0.1) is 18.7 Å². The highest BCUT2D eigenvalue weighted by Crippen LogP contribution is 2.24. The number of carbonyl (C=O) groups is 1.